The van der Waals surface area contributed by atoms with Gasteiger partial charge in [-0.1, -0.05) is 82.1 Å². The summed E-state index contributed by atoms with van der Waals surface area (Å²) in [7, 11) is 0. The molecule has 1 aliphatic rings. The first kappa shape index (κ1) is 36.3. The largest absolute Gasteiger partial charge is 0.494 e. The second kappa shape index (κ2) is 23.3. The van der Waals surface area contributed by atoms with Gasteiger partial charge in [-0.3, -0.25) is 14.5 Å². The van der Waals surface area contributed by atoms with Gasteiger partial charge in [0.15, 0.2) is 0 Å². The maximum absolute atomic E-state index is 11.4. The Balaban J connectivity index is 1.11. The molecule has 1 aromatic carbocycles. The third-order valence-electron chi connectivity index (χ3n) is 7.35. The Morgan fingerprint density at radius 1 is 0.644 bits per heavy atom. The minimum Gasteiger partial charge on any atom is -0.494 e. The molecule has 2 aromatic rings. The molecule has 0 unspecified atom stereocenters. The van der Waals surface area contributed by atoms with E-state index in [2.05, 4.69) is 29.4 Å². The van der Waals surface area contributed by atoms with E-state index in [0.717, 1.165) is 34.9 Å². The number of carbonyl (C=O) groups excluding carboxylic acids is 2. The molecule has 0 saturated heterocycles. The molecule has 1 aliphatic heterocycles. The topological polar surface area (TPSA) is 114 Å². The molecule has 0 atom stereocenters. The smallest absolute Gasteiger partial charge is 0.253 e. The van der Waals surface area contributed by atoms with E-state index >= 15 is 0 Å². The van der Waals surface area contributed by atoms with Gasteiger partial charge in [-0.15, -0.1) is 5.10 Å². The number of carbonyl (C=O) groups is 2. The van der Waals surface area contributed by atoms with Crippen molar-refractivity contribution in [1.82, 2.24) is 19.9 Å². The van der Waals surface area contributed by atoms with Crippen LogP contribution in [-0.2, 0) is 41.7 Å². The number of amides is 2. The van der Waals surface area contributed by atoms with Crippen LogP contribution in [0.25, 0.3) is 0 Å². The van der Waals surface area contributed by atoms with Gasteiger partial charge in [-0.25, -0.2) is 4.68 Å². The fraction of sp³-hybridized carbons (Fsp3) is 0.647. The van der Waals surface area contributed by atoms with Gasteiger partial charge in [0, 0.05) is 12.2 Å². The summed E-state index contributed by atoms with van der Waals surface area (Å²) in [5.41, 5.74) is 1.90. The Hall–Kier alpha value is -3.12. The molecule has 1 aromatic heterocycles. The van der Waals surface area contributed by atoms with Crippen LogP contribution in [0.15, 0.2) is 42.6 Å². The predicted octanol–water partition coefficient (Wildman–Crippen LogP) is 5.12. The molecule has 0 bridgehead atoms. The first-order valence-electron chi connectivity index (χ1n) is 16.6. The number of imide groups is 1. The van der Waals surface area contributed by atoms with E-state index in [1.165, 1.54) is 69.9 Å². The number of hydrogen-bond acceptors (Lipinski definition) is 9. The standard InChI is InChI=1S/C34H52N4O7/c1-2-3-4-5-6-7-8-9-10-11-19-45-32-14-12-30(13-15-32)27-37-28-31(35-36-37)29-44-26-25-43-24-23-42-22-21-41-20-18-38-33(39)16-17-34(38)40/h12-17,28H,2-11,18-27,29H2,1H3. The van der Waals surface area contributed by atoms with E-state index in [4.69, 9.17) is 23.7 Å². The van der Waals surface area contributed by atoms with Crippen molar-refractivity contribution in [3.05, 3.63) is 53.9 Å². The minimum atomic E-state index is -0.301. The summed E-state index contributed by atoms with van der Waals surface area (Å²) in [6.45, 7) is 7.14. The number of hydrogen-bond donors (Lipinski definition) is 0. The maximum atomic E-state index is 11.4. The van der Waals surface area contributed by atoms with Gasteiger partial charge in [0.1, 0.15) is 11.4 Å². The molecule has 11 heteroatoms. The zero-order valence-electron chi connectivity index (χ0n) is 27.0. The predicted molar refractivity (Wildman–Crippen MR) is 171 cm³/mol. The summed E-state index contributed by atoms with van der Waals surface area (Å²) in [6.07, 6.45) is 17.6. The van der Waals surface area contributed by atoms with Crippen LogP contribution in [0.1, 0.15) is 82.4 Å². The fourth-order valence-electron chi connectivity index (χ4n) is 4.78. The first-order chi connectivity index (χ1) is 22.2. The lowest BCUT2D eigenvalue weighted by molar-refractivity contribution is -0.137. The number of ether oxygens (including phenoxy) is 5. The fourth-order valence-corrected chi connectivity index (χ4v) is 4.78. The van der Waals surface area contributed by atoms with Gasteiger partial charge >= 0.3 is 0 Å². The summed E-state index contributed by atoms with van der Waals surface area (Å²) in [6, 6.07) is 8.18. The highest BCUT2D eigenvalue weighted by atomic mass is 16.6. The summed E-state index contributed by atoms with van der Waals surface area (Å²) in [5.74, 6) is 0.306. The lowest BCUT2D eigenvalue weighted by Crippen LogP contribution is -2.33. The summed E-state index contributed by atoms with van der Waals surface area (Å²) in [4.78, 5) is 24.0. The second-order valence-corrected chi connectivity index (χ2v) is 11.1. The number of rotatable bonds is 28. The van der Waals surface area contributed by atoms with Crippen molar-refractivity contribution < 1.29 is 33.3 Å². The normalized spacial score (nSPS) is 13.0. The first-order valence-corrected chi connectivity index (χ1v) is 16.6. The Kier molecular flexibility index (Phi) is 18.8. The summed E-state index contributed by atoms with van der Waals surface area (Å²) >= 11 is 0. The molecule has 0 aliphatic carbocycles. The van der Waals surface area contributed by atoms with Crippen LogP contribution in [-0.4, -0.2) is 91.1 Å². The van der Waals surface area contributed by atoms with Crippen LogP contribution in [0, 0.1) is 0 Å². The van der Waals surface area contributed by atoms with Gasteiger partial charge in [0.2, 0.25) is 0 Å². The quantitative estimate of drug-likeness (QED) is 0.0936. The van der Waals surface area contributed by atoms with Crippen LogP contribution < -0.4 is 4.74 Å². The van der Waals surface area contributed by atoms with Crippen LogP contribution in [0.2, 0.25) is 0 Å². The molecular formula is C34H52N4O7. The maximum Gasteiger partial charge on any atom is 0.253 e. The lowest BCUT2D eigenvalue weighted by atomic mass is 10.1. The van der Waals surface area contributed by atoms with Crippen LogP contribution >= 0.6 is 0 Å². The highest BCUT2D eigenvalue weighted by Crippen LogP contribution is 2.15. The molecule has 0 radical (unpaired) electrons. The van der Waals surface area contributed by atoms with Crippen molar-refractivity contribution in [3.8, 4) is 5.75 Å². The molecule has 0 saturated carbocycles. The highest BCUT2D eigenvalue weighted by Gasteiger charge is 2.22. The lowest BCUT2D eigenvalue weighted by Gasteiger charge is -2.13. The highest BCUT2D eigenvalue weighted by molar-refractivity contribution is 6.12. The number of aromatic nitrogens is 3. The van der Waals surface area contributed by atoms with E-state index in [1.54, 1.807) is 4.68 Å². The third kappa shape index (κ3) is 16.1. The monoisotopic (exact) mass is 628 g/mol. The summed E-state index contributed by atoms with van der Waals surface area (Å²) in [5, 5.41) is 8.40. The van der Waals surface area contributed by atoms with Crippen LogP contribution in [0.5, 0.6) is 5.75 Å². The SMILES string of the molecule is CCCCCCCCCCCCOc1ccc(Cn2cc(COCCOCCOCCOCCN3C(=O)C=CC3=O)nn2)cc1. The van der Waals surface area contributed by atoms with Crippen molar-refractivity contribution in [2.45, 2.75) is 84.3 Å². The molecular weight excluding hydrogens is 576 g/mol. The second-order valence-electron chi connectivity index (χ2n) is 11.1. The number of unbranched alkanes of at least 4 members (excludes halogenated alkanes) is 9. The van der Waals surface area contributed by atoms with Crippen molar-refractivity contribution >= 4 is 11.8 Å². The molecule has 3 rings (SSSR count). The molecule has 250 valence electrons. The molecule has 2 heterocycles. The van der Waals surface area contributed by atoms with Gasteiger partial charge < -0.3 is 23.7 Å². The van der Waals surface area contributed by atoms with Crippen molar-refractivity contribution in [1.29, 1.82) is 0 Å². The van der Waals surface area contributed by atoms with Crippen molar-refractivity contribution in [3.63, 3.8) is 0 Å². The zero-order chi connectivity index (χ0) is 31.8. The summed E-state index contributed by atoms with van der Waals surface area (Å²) < 4.78 is 29.7. The van der Waals surface area contributed by atoms with E-state index in [1.807, 2.05) is 18.3 Å². The number of nitrogens with zero attached hydrogens (tertiary/aromatic N) is 4. The van der Waals surface area contributed by atoms with Crippen molar-refractivity contribution in [2.24, 2.45) is 0 Å². The average Bonchev–Trinajstić information content (AvgIpc) is 3.63. The Morgan fingerprint density at radius 3 is 1.82 bits per heavy atom. The molecule has 11 nitrogen and oxygen atoms in total. The molecule has 0 N–H and O–H groups in total. The minimum absolute atomic E-state index is 0.243. The van der Waals surface area contributed by atoms with Gasteiger partial charge in [-0.05, 0) is 24.1 Å². The molecule has 45 heavy (non-hydrogen) atoms. The molecule has 2 amide bonds. The van der Waals surface area contributed by atoms with Gasteiger partial charge in [0.05, 0.1) is 78.7 Å². The number of benzene rings is 1. The zero-order valence-corrected chi connectivity index (χ0v) is 27.0. The van der Waals surface area contributed by atoms with Crippen molar-refractivity contribution in [2.75, 3.05) is 59.4 Å². The van der Waals surface area contributed by atoms with Gasteiger partial charge in [0.25, 0.3) is 11.8 Å². The van der Waals surface area contributed by atoms with Crippen LogP contribution in [0.4, 0.5) is 0 Å². The molecule has 0 fully saturated rings. The third-order valence-corrected chi connectivity index (χ3v) is 7.35. The average molecular weight is 629 g/mol. The van der Waals surface area contributed by atoms with E-state index in [9.17, 15) is 9.59 Å². The Morgan fingerprint density at radius 2 is 1.20 bits per heavy atom. The Labute approximate surface area is 268 Å². The van der Waals surface area contributed by atoms with Crippen LogP contribution in [0.3, 0.4) is 0 Å². The van der Waals surface area contributed by atoms with E-state index < -0.39 is 0 Å². The molecule has 0 spiro atoms. The van der Waals surface area contributed by atoms with Gasteiger partial charge in [-0.2, -0.15) is 0 Å². The van der Waals surface area contributed by atoms with E-state index in [0.29, 0.717) is 52.8 Å². The Bertz CT molecular complexity index is 1090. The van der Waals surface area contributed by atoms with E-state index in [-0.39, 0.29) is 25.0 Å².